The number of hydrogen-bond acceptors (Lipinski definition) is 3. The Morgan fingerprint density at radius 3 is 2.38 bits per heavy atom. The van der Waals surface area contributed by atoms with Crippen molar-refractivity contribution in [2.75, 3.05) is 6.54 Å². The second-order valence-corrected chi connectivity index (χ2v) is 2.86. The predicted molar refractivity (Wildman–Crippen MR) is 45.8 cm³/mol. The number of carbonyl (C=O) groups excluding carboxylic acids is 3. The molecule has 4 heteroatoms. The van der Waals surface area contributed by atoms with Crippen molar-refractivity contribution in [2.24, 2.45) is 0 Å². The van der Waals surface area contributed by atoms with Crippen molar-refractivity contribution in [3.05, 3.63) is 12.7 Å². The molecule has 0 bridgehead atoms. The van der Waals surface area contributed by atoms with Crippen molar-refractivity contribution < 1.29 is 14.4 Å². The molecule has 0 aromatic rings. The van der Waals surface area contributed by atoms with Crippen LogP contribution in [0.2, 0.25) is 0 Å². The topological polar surface area (TPSA) is 54.5 Å². The summed E-state index contributed by atoms with van der Waals surface area (Å²) in [6, 6.07) is 0. The molecule has 1 heterocycles. The van der Waals surface area contributed by atoms with Gasteiger partial charge in [0.25, 0.3) is 0 Å². The average Bonchev–Trinajstić information content (AvgIpc) is 2.43. The van der Waals surface area contributed by atoms with Gasteiger partial charge in [0, 0.05) is 25.8 Å². The lowest BCUT2D eigenvalue weighted by Gasteiger charge is -2.11. The fourth-order valence-corrected chi connectivity index (χ4v) is 1.20. The van der Waals surface area contributed by atoms with Gasteiger partial charge >= 0.3 is 0 Å². The van der Waals surface area contributed by atoms with Crippen LogP contribution in [0.5, 0.6) is 0 Å². The number of likely N-dealkylation sites (tertiary alicyclic amines) is 1. The molecule has 0 aromatic carbocycles. The number of amides is 2. The Morgan fingerprint density at radius 1 is 1.38 bits per heavy atom. The third-order valence-electron chi connectivity index (χ3n) is 1.96. The van der Waals surface area contributed by atoms with Crippen LogP contribution in [-0.4, -0.2) is 29.0 Å². The summed E-state index contributed by atoms with van der Waals surface area (Å²) in [6.07, 6.45) is 1.94. The highest BCUT2D eigenvalue weighted by Crippen LogP contribution is 2.11. The number of ketones is 1. The minimum atomic E-state index is -0.179. The standard InChI is InChI=1S/C9H11NO3/c1-2-7(11)5-6-10-8(12)3-4-9(10)13/h2H,1,3-6H2. The third-order valence-corrected chi connectivity index (χ3v) is 1.96. The van der Waals surface area contributed by atoms with E-state index in [4.69, 9.17) is 0 Å². The molecule has 70 valence electrons. The lowest BCUT2D eigenvalue weighted by Crippen LogP contribution is -2.30. The van der Waals surface area contributed by atoms with E-state index < -0.39 is 0 Å². The molecular weight excluding hydrogens is 170 g/mol. The third kappa shape index (κ3) is 2.24. The Labute approximate surface area is 76.2 Å². The van der Waals surface area contributed by atoms with Gasteiger partial charge in [-0.3, -0.25) is 19.3 Å². The van der Waals surface area contributed by atoms with Crippen LogP contribution in [0.1, 0.15) is 19.3 Å². The van der Waals surface area contributed by atoms with Gasteiger partial charge in [0.1, 0.15) is 0 Å². The van der Waals surface area contributed by atoms with Crippen LogP contribution in [0.4, 0.5) is 0 Å². The zero-order chi connectivity index (χ0) is 9.84. The van der Waals surface area contributed by atoms with Gasteiger partial charge in [0.05, 0.1) is 0 Å². The van der Waals surface area contributed by atoms with Crippen molar-refractivity contribution in [3.8, 4) is 0 Å². The van der Waals surface area contributed by atoms with Gasteiger partial charge in [-0.05, 0) is 6.08 Å². The summed E-state index contributed by atoms with van der Waals surface area (Å²) in [6.45, 7) is 3.50. The first kappa shape index (κ1) is 9.64. The molecule has 0 radical (unpaired) electrons. The predicted octanol–water partition coefficient (Wildman–Crippen LogP) is 0.281. The summed E-state index contributed by atoms with van der Waals surface area (Å²) in [5, 5.41) is 0. The summed E-state index contributed by atoms with van der Waals surface area (Å²) < 4.78 is 0. The van der Waals surface area contributed by atoms with E-state index in [1.807, 2.05) is 0 Å². The molecule has 1 saturated heterocycles. The molecule has 1 aliphatic heterocycles. The molecule has 0 unspecified atom stereocenters. The Bertz CT molecular complexity index is 254. The highest BCUT2D eigenvalue weighted by Gasteiger charge is 2.28. The van der Waals surface area contributed by atoms with Crippen LogP contribution in [0.25, 0.3) is 0 Å². The average molecular weight is 181 g/mol. The van der Waals surface area contributed by atoms with Crippen LogP contribution in [0.15, 0.2) is 12.7 Å². The lowest BCUT2D eigenvalue weighted by atomic mass is 10.2. The Balaban J connectivity index is 2.44. The first-order valence-electron chi connectivity index (χ1n) is 4.13. The van der Waals surface area contributed by atoms with Gasteiger partial charge in [-0.2, -0.15) is 0 Å². The van der Waals surface area contributed by atoms with Gasteiger partial charge in [-0.15, -0.1) is 0 Å². The fraction of sp³-hybridized carbons (Fsp3) is 0.444. The smallest absolute Gasteiger partial charge is 0.229 e. The normalized spacial score (nSPS) is 16.5. The number of allylic oxidation sites excluding steroid dienone is 1. The number of imide groups is 1. The molecule has 4 nitrogen and oxygen atoms in total. The van der Waals surface area contributed by atoms with E-state index in [1.165, 1.54) is 6.08 Å². The van der Waals surface area contributed by atoms with E-state index in [0.29, 0.717) is 0 Å². The fourth-order valence-electron chi connectivity index (χ4n) is 1.20. The zero-order valence-corrected chi connectivity index (χ0v) is 7.28. The van der Waals surface area contributed by atoms with Crippen LogP contribution >= 0.6 is 0 Å². The largest absolute Gasteiger partial charge is 0.295 e. The van der Waals surface area contributed by atoms with E-state index in [2.05, 4.69) is 6.58 Å². The molecular formula is C9H11NO3. The molecule has 0 aliphatic carbocycles. The highest BCUT2D eigenvalue weighted by atomic mass is 16.2. The Morgan fingerprint density at radius 2 is 1.92 bits per heavy atom. The van der Waals surface area contributed by atoms with Crippen LogP contribution in [-0.2, 0) is 14.4 Å². The van der Waals surface area contributed by atoms with Crippen molar-refractivity contribution in [3.63, 3.8) is 0 Å². The molecule has 13 heavy (non-hydrogen) atoms. The Kier molecular flexibility index (Phi) is 2.95. The molecule has 1 aliphatic rings. The molecule has 0 saturated carbocycles. The van der Waals surface area contributed by atoms with Gasteiger partial charge in [0.15, 0.2) is 5.78 Å². The van der Waals surface area contributed by atoms with Crippen LogP contribution in [0.3, 0.4) is 0 Å². The minimum absolute atomic E-state index is 0.146. The van der Waals surface area contributed by atoms with E-state index in [1.54, 1.807) is 0 Å². The maximum atomic E-state index is 11.1. The molecule has 0 N–H and O–H groups in total. The summed E-state index contributed by atoms with van der Waals surface area (Å²) >= 11 is 0. The van der Waals surface area contributed by atoms with E-state index in [0.717, 1.165) is 4.90 Å². The summed E-state index contributed by atoms with van der Waals surface area (Å²) in [5.74, 6) is -0.503. The quantitative estimate of drug-likeness (QED) is 0.462. The maximum absolute atomic E-state index is 11.1. The van der Waals surface area contributed by atoms with Gasteiger partial charge in [-0.1, -0.05) is 6.58 Å². The molecule has 1 rings (SSSR count). The lowest BCUT2D eigenvalue weighted by molar-refractivity contribution is -0.138. The van der Waals surface area contributed by atoms with Crippen molar-refractivity contribution in [2.45, 2.75) is 19.3 Å². The Hall–Kier alpha value is -1.45. The van der Waals surface area contributed by atoms with Crippen LogP contribution < -0.4 is 0 Å². The second kappa shape index (κ2) is 3.98. The molecule has 0 atom stereocenters. The number of carbonyl (C=O) groups is 3. The van der Waals surface area contributed by atoms with Crippen molar-refractivity contribution in [1.82, 2.24) is 4.90 Å². The number of rotatable bonds is 4. The van der Waals surface area contributed by atoms with E-state index in [9.17, 15) is 14.4 Å². The molecule has 1 fully saturated rings. The summed E-state index contributed by atoms with van der Waals surface area (Å²) in [7, 11) is 0. The molecule has 2 amide bonds. The van der Waals surface area contributed by atoms with Crippen molar-refractivity contribution in [1.29, 1.82) is 0 Å². The van der Waals surface area contributed by atoms with E-state index in [-0.39, 0.29) is 43.4 Å². The minimum Gasteiger partial charge on any atom is -0.295 e. The first-order chi connectivity index (χ1) is 6.15. The summed E-state index contributed by atoms with van der Waals surface area (Å²) in [4.78, 5) is 34.1. The second-order valence-electron chi connectivity index (χ2n) is 2.86. The summed E-state index contributed by atoms with van der Waals surface area (Å²) in [5.41, 5.74) is 0. The van der Waals surface area contributed by atoms with Gasteiger partial charge in [-0.25, -0.2) is 0 Å². The zero-order valence-electron chi connectivity index (χ0n) is 7.28. The maximum Gasteiger partial charge on any atom is 0.229 e. The monoisotopic (exact) mass is 181 g/mol. The van der Waals surface area contributed by atoms with E-state index >= 15 is 0 Å². The van der Waals surface area contributed by atoms with Gasteiger partial charge < -0.3 is 0 Å². The first-order valence-corrected chi connectivity index (χ1v) is 4.13. The molecule has 0 spiro atoms. The van der Waals surface area contributed by atoms with Crippen molar-refractivity contribution >= 4 is 17.6 Å². The number of nitrogens with zero attached hydrogens (tertiary/aromatic N) is 1. The number of hydrogen-bond donors (Lipinski definition) is 0. The SMILES string of the molecule is C=CC(=O)CCN1C(=O)CCC1=O. The van der Waals surface area contributed by atoms with Crippen LogP contribution in [0, 0.1) is 0 Å². The van der Waals surface area contributed by atoms with Gasteiger partial charge in [0.2, 0.25) is 11.8 Å². The highest BCUT2D eigenvalue weighted by molar-refractivity contribution is 6.02. The molecule has 0 aromatic heterocycles.